The highest BCUT2D eigenvalue weighted by molar-refractivity contribution is 6.30. The van der Waals surface area contributed by atoms with Crippen molar-refractivity contribution >= 4 is 40.3 Å². The van der Waals surface area contributed by atoms with E-state index in [1.54, 1.807) is 29.2 Å². The molecule has 4 rings (SSSR count). The summed E-state index contributed by atoms with van der Waals surface area (Å²) in [6.07, 6.45) is 2.39. The van der Waals surface area contributed by atoms with E-state index in [0.29, 0.717) is 47.6 Å². The molecule has 0 spiro atoms. The van der Waals surface area contributed by atoms with Gasteiger partial charge in [0.2, 0.25) is 5.91 Å². The number of nitrogens with one attached hydrogen (secondary N) is 2. The number of carboxylic acids is 1. The van der Waals surface area contributed by atoms with Crippen LogP contribution in [0, 0.1) is 11.7 Å². The van der Waals surface area contributed by atoms with Crippen LogP contribution in [0.4, 0.5) is 4.39 Å². The molecule has 33 heavy (non-hydrogen) atoms. The molecule has 1 aliphatic rings. The average Bonchev–Trinajstić information content (AvgIpc) is 3.23. The number of carbonyl (C=O) groups excluding carboxylic acids is 2. The van der Waals surface area contributed by atoms with Gasteiger partial charge in [-0.15, -0.1) is 0 Å². The lowest BCUT2D eigenvalue weighted by atomic mass is 9.96. The third-order valence-corrected chi connectivity index (χ3v) is 6.04. The van der Waals surface area contributed by atoms with Crippen LogP contribution in [0.1, 0.15) is 28.9 Å². The van der Waals surface area contributed by atoms with Crippen LogP contribution in [0.5, 0.6) is 0 Å². The molecule has 2 amide bonds. The van der Waals surface area contributed by atoms with Gasteiger partial charge in [0, 0.05) is 24.9 Å². The molecule has 3 heterocycles. The van der Waals surface area contributed by atoms with E-state index in [-0.39, 0.29) is 18.0 Å². The fourth-order valence-corrected chi connectivity index (χ4v) is 4.15. The normalized spacial score (nSPS) is 15.4. The number of carbonyl (C=O) groups is 3. The highest BCUT2D eigenvalue weighted by atomic mass is 35.5. The van der Waals surface area contributed by atoms with Crippen molar-refractivity contribution in [3.63, 3.8) is 0 Å². The van der Waals surface area contributed by atoms with Gasteiger partial charge in [0.15, 0.2) is 0 Å². The standard InChI is InChI=1S/C23H22ClFN4O4/c24-20-11-15-10-17(27-19(15)12-26-20)21(30)28-18(9-13-1-3-16(25)4-2-13)22(31)29-7-5-14(6-8-29)23(32)33/h1-4,10-12,14,18,27H,5-9H2,(H,28,30)(H,32,33)/t18-/m0/s1. The Hall–Kier alpha value is -3.46. The fourth-order valence-electron chi connectivity index (χ4n) is 3.99. The number of aromatic nitrogens is 2. The Labute approximate surface area is 193 Å². The summed E-state index contributed by atoms with van der Waals surface area (Å²) in [5.41, 5.74) is 1.56. The summed E-state index contributed by atoms with van der Waals surface area (Å²) in [5, 5.41) is 13.0. The van der Waals surface area contributed by atoms with Gasteiger partial charge >= 0.3 is 5.97 Å². The Morgan fingerprint density at radius 1 is 1.21 bits per heavy atom. The SMILES string of the molecule is O=C(N[C@@H](Cc1ccc(F)cc1)C(=O)N1CCC(C(=O)O)CC1)c1cc2cc(Cl)ncc2[nH]1. The summed E-state index contributed by atoms with van der Waals surface area (Å²) < 4.78 is 13.3. The molecule has 1 fully saturated rings. The maximum atomic E-state index is 13.3. The molecule has 0 aliphatic carbocycles. The van der Waals surface area contributed by atoms with Crippen molar-refractivity contribution in [1.82, 2.24) is 20.2 Å². The molecular formula is C23H22ClFN4O4. The third kappa shape index (κ3) is 5.31. The first-order chi connectivity index (χ1) is 15.8. The van der Waals surface area contributed by atoms with E-state index < -0.39 is 29.7 Å². The molecule has 0 radical (unpaired) electrons. The molecule has 10 heteroatoms. The van der Waals surface area contributed by atoms with Gasteiger partial charge in [-0.1, -0.05) is 23.7 Å². The van der Waals surface area contributed by atoms with E-state index in [2.05, 4.69) is 15.3 Å². The number of piperidine rings is 1. The Bertz CT molecular complexity index is 1190. The second kappa shape index (κ2) is 9.58. The topological polar surface area (TPSA) is 115 Å². The zero-order valence-corrected chi connectivity index (χ0v) is 18.3. The quantitative estimate of drug-likeness (QED) is 0.477. The Morgan fingerprint density at radius 3 is 2.58 bits per heavy atom. The van der Waals surface area contributed by atoms with E-state index in [1.807, 2.05) is 0 Å². The molecule has 2 aromatic heterocycles. The number of likely N-dealkylation sites (tertiary alicyclic amines) is 1. The number of hydrogen-bond donors (Lipinski definition) is 3. The van der Waals surface area contributed by atoms with Crippen LogP contribution in [0.3, 0.4) is 0 Å². The number of aliphatic carboxylic acids is 1. The number of fused-ring (bicyclic) bond motifs is 1. The van der Waals surface area contributed by atoms with Crippen molar-refractivity contribution in [1.29, 1.82) is 0 Å². The van der Waals surface area contributed by atoms with E-state index in [0.717, 1.165) is 0 Å². The molecule has 3 aromatic rings. The van der Waals surface area contributed by atoms with Crippen molar-refractivity contribution in [3.05, 3.63) is 64.8 Å². The summed E-state index contributed by atoms with van der Waals surface area (Å²) in [5.74, 6) is -2.54. The average molecular weight is 473 g/mol. The largest absolute Gasteiger partial charge is 0.481 e. The van der Waals surface area contributed by atoms with Crippen LogP contribution in [-0.4, -0.2) is 56.9 Å². The number of nitrogens with zero attached hydrogens (tertiary/aromatic N) is 2. The molecule has 3 N–H and O–H groups in total. The number of rotatable bonds is 6. The van der Waals surface area contributed by atoms with Gasteiger partial charge in [-0.3, -0.25) is 14.4 Å². The minimum absolute atomic E-state index is 0.164. The van der Waals surface area contributed by atoms with E-state index in [9.17, 15) is 23.9 Å². The van der Waals surface area contributed by atoms with E-state index in [1.165, 1.54) is 18.3 Å². The Balaban J connectivity index is 1.53. The summed E-state index contributed by atoms with van der Waals surface area (Å²) in [4.78, 5) is 46.0. The molecular weight excluding hydrogens is 451 g/mol. The van der Waals surface area contributed by atoms with Crippen LogP contribution in [0.25, 0.3) is 10.9 Å². The minimum atomic E-state index is -0.905. The summed E-state index contributed by atoms with van der Waals surface area (Å²) in [6, 6.07) is 8.06. The Kier molecular flexibility index (Phi) is 6.60. The highest BCUT2D eigenvalue weighted by Crippen LogP contribution is 2.20. The van der Waals surface area contributed by atoms with Crippen LogP contribution in [0.2, 0.25) is 5.15 Å². The van der Waals surface area contributed by atoms with Crippen molar-refractivity contribution in [3.8, 4) is 0 Å². The van der Waals surface area contributed by atoms with Crippen LogP contribution >= 0.6 is 11.6 Å². The lowest BCUT2D eigenvalue weighted by molar-refractivity contribution is -0.146. The molecule has 0 saturated carbocycles. The van der Waals surface area contributed by atoms with Crippen molar-refractivity contribution < 1.29 is 23.9 Å². The minimum Gasteiger partial charge on any atom is -0.481 e. The summed E-state index contributed by atoms with van der Waals surface area (Å²) in [6.45, 7) is 0.588. The number of amides is 2. The number of H-pyrrole nitrogens is 1. The van der Waals surface area contributed by atoms with Crippen LogP contribution < -0.4 is 5.32 Å². The first kappa shape index (κ1) is 22.7. The first-order valence-electron chi connectivity index (χ1n) is 10.5. The highest BCUT2D eigenvalue weighted by Gasteiger charge is 2.32. The monoisotopic (exact) mass is 472 g/mol. The predicted molar refractivity (Wildman–Crippen MR) is 119 cm³/mol. The van der Waals surface area contributed by atoms with Gasteiger partial charge in [0.05, 0.1) is 17.6 Å². The number of aromatic amines is 1. The van der Waals surface area contributed by atoms with E-state index >= 15 is 0 Å². The van der Waals surface area contributed by atoms with E-state index in [4.69, 9.17) is 11.6 Å². The summed E-state index contributed by atoms with van der Waals surface area (Å²) in [7, 11) is 0. The first-order valence-corrected chi connectivity index (χ1v) is 10.9. The van der Waals surface area contributed by atoms with Crippen molar-refractivity contribution in [2.45, 2.75) is 25.3 Å². The lowest BCUT2D eigenvalue weighted by Gasteiger charge is -2.33. The molecule has 1 saturated heterocycles. The van der Waals surface area contributed by atoms with Crippen molar-refractivity contribution in [2.24, 2.45) is 5.92 Å². The van der Waals surface area contributed by atoms with Crippen LogP contribution in [-0.2, 0) is 16.0 Å². The zero-order valence-electron chi connectivity index (χ0n) is 17.6. The van der Waals surface area contributed by atoms with Gasteiger partial charge < -0.3 is 20.3 Å². The number of carboxylic acid groups (broad SMARTS) is 1. The summed E-state index contributed by atoms with van der Waals surface area (Å²) >= 11 is 5.91. The molecule has 1 aliphatic heterocycles. The number of halogens is 2. The molecule has 172 valence electrons. The molecule has 0 unspecified atom stereocenters. The number of benzene rings is 1. The van der Waals surface area contributed by atoms with Gasteiger partial charge in [0.25, 0.3) is 5.91 Å². The van der Waals surface area contributed by atoms with Gasteiger partial charge in [-0.2, -0.15) is 0 Å². The smallest absolute Gasteiger partial charge is 0.306 e. The zero-order chi connectivity index (χ0) is 23.5. The second-order valence-corrected chi connectivity index (χ2v) is 8.46. The maximum Gasteiger partial charge on any atom is 0.306 e. The maximum absolute atomic E-state index is 13.3. The molecule has 1 atom stereocenters. The van der Waals surface area contributed by atoms with Crippen LogP contribution in [0.15, 0.2) is 42.6 Å². The Morgan fingerprint density at radius 2 is 1.91 bits per heavy atom. The molecule has 1 aromatic carbocycles. The predicted octanol–water partition coefficient (Wildman–Crippen LogP) is 3.02. The third-order valence-electron chi connectivity index (χ3n) is 5.83. The number of hydrogen-bond acceptors (Lipinski definition) is 4. The van der Waals surface area contributed by atoms with Gasteiger partial charge in [-0.05, 0) is 42.7 Å². The molecule has 8 nitrogen and oxygen atoms in total. The molecule has 0 bridgehead atoms. The lowest BCUT2D eigenvalue weighted by Crippen LogP contribution is -2.52. The van der Waals surface area contributed by atoms with Gasteiger partial charge in [-0.25, -0.2) is 9.37 Å². The van der Waals surface area contributed by atoms with Gasteiger partial charge in [0.1, 0.15) is 22.7 Å². The second-order valence-electron chi connectivity index (χ2n) is 8.07. The number of pyridine rings is 1. The fraction of sp³-hybridized carbons (Fsp3) is 0.304. The van der Waals surface area contributed by atoms with Crippen molar-refractivity contribution in [2.75, 3.05) is 13.1 Å².